The third-order valence-electron chi connectivity index (χ3n) is 7.44. The molecule has 0 fully saturated rings. The zero-order valence-corrected chi connectivity index (χ0v) is 24.8. The van der Waals surface area contributed by atoms with Crippen molar-refractivity contribution < 1.29 is 18.7 Å². The number of rotatable bonds is 4. The molecule has 0 radical (unpaired) electrons. The van der Waals surface area contributed by atoms with E-state index in [-0.39, 0.29) is 16.5 Å². The van der Waals surface area contributed by atoms with Gasteiger partial charge in [0.05, 0.1) is 29.1 Å². The largest absolute Gasteiger partial charge is 0.465 e. The topological polar surface area (TPSA) is 77.3 Å². The second-order valence-corrected chi connectivity index (χ2v) is 11.7. The standard InChI is InChI=1S/C32H32ClFN4O3/c1-18-15-27(35-19(2)28(18)31(40)41-6)20-11-13-37(14-12-20)30(39)26-10-8-22-23(21-7-9-24(33)25(34)16-21)17-38(29(22)36-26)32(3,4)5/h7-11,15-17H,12-14H2,1-6H3. The first-order chi connectivity index (χ1) is 19.4. The van der Waals surface area contributed by atoms with Crippen molar-refractivity contribution in [2.45, 2.75) is 46.6 Å². The average molecular weight is 575 g/mol. The quantitative estimate of drug-likeness (QED) is 0.246. The number of carbonyl (C=O) groups excluding carboxylic acids is 2. The van der Waals surface area contributed by atoms with Gasteiger partial charge < -0.3 is 14.2 Å². The molecular weight excluding hydrogens is 543 g/mol. The maximum atomic E-state index is 14.3. The van der Waals surface area contributed by atoms with E-state index in [0.29, 0.717) is 47.7 Å². The Bertz CT molecular complexity index is 1710. The van der Waals surface area contributed by atoms with Crippen molar-refractivity contribution in [1.29, 1.82) is 0 Å². The van der Waals surface area contributed by atoms with Crippen molar-refractivity contribution >= 4 is 40.1 Å². The minimum absolute atomic E-state index is 0.0670. The van der Waals surface area contributed by atoms with E-state index >= 15 is 0 Å². The molecule has 0 aliphatic carbocycles. The van der Waals surface area contributed by atoms with E-state index in [1.165, 1.54) is 13.2 Å². The molecular formula is C32H32ClFN4O3. The molecule has 41 heavy (non-hydrogen) atoms. The summed E-state index contributed by atoms with van der Waals surface area (Å²) in [6, 6.07) is 10.2. The summed E-state index contributed by atoms with van der Waals surface area (Å²) in [6.07, 6.45) is 4.58. The summed E-state index contributed by atoms with van der Waals surface area (Å²) in [5.41, 5.74) is 5.91. The number of pyridine rings is 2. The smallest absolute Gasteiger partial charge is 0.339 e. The predicted molar refractivity (Wildman–Crippen MR) is 159 cm³/mol. The van der Waals surface area contributed by atoms with Crippen LogP contribution in [0.5, 0.6) is 0 Å². The highest BCUT2D eigenvalue weighted by atomic mass is 35.5. The minimum Gasteiger partial charge on any atom is -0.465 e. The summed E-state index contributed by atoms with van der Waals surface area (Å²) in [5.74, 6) is -1.05. The normalized spacial score (nSPS) is 13.9. The summed E-state index contributed by atoms with van der Waals surface area (Å²) in [4.78, 5) is 36.9. The van der Waals surface area contributed by atoms with Gasteiger partial charge in [0.2, 0.25) is 0 Å². The van der Waals surface area contributed by atoms with E-state index in [0.717, 1.165) is 27.8 Å². The lowest BCUT2D eigenvalue weighted by Crippen LogP contribution is -2.35. The van der Waals surface area contributed by atoms with Crippen LogP contribution in [0.3, 0.4) is 0 Å². The molecule has 4 heterocycles. The summed E-state index contributed by atoms with van der Waals surface area (Å²) in [6.45, 7) is 10.8. The fourth-order valence-electron chi connectivity index (χ4n) is 5.28. The van der Waals surface area contributed by atoms with Crippen LogP contribution >= 0.6 is 11.6 Å². The average Bonchev–Trinajstić information content (AvgIpc) is 3.33. The Morgan fingerprint density at radius 2 is 1.83 bits per heavy atom. The van der Waals surface area contributed by atoms with E-state index in [2.05, 4.69) is 25.8 Å². The lowest BCUT2D eigenvalue weighted by molar-refractivity contribution is 0.0598. The summed E-state index contributed by atoms with van der Waals surface area (Å²) in [7, 11) is 1.36. The first-order valence-electron chi connectivity index (χ1n) is 13.4. The highest BCUT2D eigenvalue weighted by Gasteiger charge is 2.25. The van der Waals surface area contributed by atoms with Gasteiger partial charge in [-0.2, -0.15) is 0 Å². The van der Waals surface area contributed by atoms with Crippen LogP contribution < -0.4 is 0 Å². The molecule has 0 atom stereocenters. The SMILES string of the molecule is COC(=O)c1c(C)cc(C2=CCN(C(=O)c3ccc4c(-c5ccc(Cl)c(F)c5)cn(C(C)(C)C)c4n3)CC2)nc1C. The first-order valence-corrected chi connectivity index (χ1v) is 13.8. The molecule has 1 aliphatic rings. The number of aromatic nitrogens is 3. The fraction of sp³-hybridized carbons (Fsp3) is 0.312. The highest BCUT2D eigenvalue weighted by molar-refractivity contribution is 6.30. The van der Waals surface area contributed by atoms with Gasteiger partial charge in [-0.25, -0.2) is 14.2 Å². The Morgan fingerprint density at radius 3 is 2.44 bits per heavy atom. The molecule has 1 aromatic carbocycles. The maximum absolute atomic E-state index is 14.3. The molecule has 4 aromatic rings. The van der Waals surface area contributed by atoms with Crippen molar-refractivity contribution in [3.63, 3.8) is 0 Å². The van der Waals surface area contributed by atoms with Gasteiger partial charge in [-0.05, 0) is 88.1 Å². The van der Waals surface area contributed by atoms with Gasteiger partial charge in [0.25, 0.3) is 5.91 Å². The van der Waals surface area contributed by atoms with E-state index in [9.17, 15) is 14.0 Å². The van der Waals surface area contributed by atoms with Crippen LogP contribution in [-0.4, -0.2) is 51.5 Å². The highest BCUT2D eigenvalue weighted by Crippen LogP contribution is 2.35. The van der Waals surface area contributed by atoms with Gasteiger partial charge in [0, 0.05) is 35.8 Å². The molecule has 0 saturated heterocycles. The van der Waals surface area contributed by atoms with Crippen LogP contribution in [0.4, 0.5) is 4.39 Å². The second-order valence-electron chi connectivity index (χ2n) is 11.3. The van der Waals surface area contributed by atoms with Gasteiger partial charge in [-0.3, -0.25) is 9.78 Å². The fourth-order valence-corrected chi connectivity index (χ4v) is 5.40. The van der Waals surface area contributed by atoms with Crippen molar-refractivity contribution in [2.75, 3.05) is 20.2 Å². The number of aryl methyl sites for hydroxylation is 2. The number of methoxy groups -OCH3 is 1. The third-order valence-corrected chi connectivity index (χ3v) is 7.74. The number of amides is 1. The molecule has 0 bridgehead atoms. The lowest BCUT2D eigenvalue weighted by atomic mass is 9.99. The predicted octanol–water partition coefficient (Wildman–Crippen LogP) is 6.98. The lowest BCUT2D eigenvalue weighted by Gasteiger charge is -2.27. The Hall–Kier alpha value is -4.04. The molecule has 1 aliphatic heterocycles. The van der Waals surface area contributed by atoms with Crippen LogP contribution in [-0.2, 0) is 10.3 Å². The number of halogens is 2. The zero-order chi connectivity index (χ0) is 29.6. The van der Waals surface area contributed by atoms with Crippen LogP contribution in [0.2, 0.25) is 5.02 Å². The first kappa shape index (κ1) is 28.5. The number of benzene rings is 1. The Kier molecular flexibility index (Phi) is 7.46. The van der Waals surface area contributed by atoms with E-state index in [1.807, 2.05) is 35.9 Å². The van der Waals surface area contributed by atoms with Crippen LogP contribution in [0.1, 0.15) is 65.0 Å². The van der Waals surface area contributed by atoms with E-state index in [1.54, 1.807) is 30.0 Å². The molecule has 5 rings (SSSR count). The molecule has 1 amide bonds. The second kappa shape index (κ2) is 10.7. The molecule has 0 unspecified atom stereocenters. The molecule has 3 aromatic heterocycles. The molecule has 0 spiro atoms. The van der Waals surface area contributed by atoms with Crippen LogP contribution in [0.15, 0.2) is 48.7 Å². The Labute approximate surface area is 243 Å². The number of hydrogen-bond donors (Lipinski definition) is 0. The third kappa shape index (κ3) is 5.36. The van der Waals surface area contributed by atoms with Crippen molar-refractivity contribution in [3.05, 3.63) is 87.7 Å². The summed E-state index contributed by atoms with van der Waals surface area (Å²) >= 11 is 5.92. The number of ether oxygens (including phenoxy) is 1. The van der Waals surface area contributed by atoms with E-state index in [4.69, 9.17) is 21.3 Å². The Morgan fingerprint density at radius 1 is 1.07 bits per heavy atom. The monoisotopic (exact) mass is 574 g/mol. The molecule has 0 N–H and O–H groups in total. The summed E-state index contributed by atoms with van der Waals surface area (Å²) < 4.78 is 21.2. The summed E-state index contributed by atoms with van der Waals surface area (Å²) in [5, 5.41) is 0.892. The molecule has 212 valence electrons. The van der Waals surface area contributed by atoms with Gasteiger partial charge >= 0.3 is 5.97 Å². The van der Waals surface area contributed by atoms with Gasteiger partial charge in [0.1, 0.15) is 17.2 Å². The van der Waals surface area contributed by atoms with E-state index < -0.39 is 11.8 Å². The molecule has 7 nitrogen and oxygen atoms in total. The minimum atomic E-state index is -0.488. The number of hydrogen-bond acceptors (Lipinski definition) is 5. The number of carbonyl (C=O) groups is 2. The van der Waals surface area contributed by atoms with Crippen LogP contribution in [0, 0.1) is 19.7 Å². The Balaban J connectivity index is 1.44. The number of esters is 1. The van der Waals surface area contributed by atoms with Crippen molar-refractivity contribution in [2.24, 2.45) is 0 Å². The number of fused-ring (bicyclic) bond motifs is 1. The molecule has 9 heteroatoms. The van der Waals surface area contributed by atoms with Crippen molar-refractivity contribution in [1.82, 2.24) is 19.4 Å². The van der Waals surface area contributed by atoms with Gasteiger partial charge in [-0.1, -0.05) is 23.7 Å². The zero-order valence-electron chi connectivity index (χ0n) is 24.0. The number of nitrogens with zero attached hydrogens (tertiary/aromatic N) is 4. The van der Waals surface area contributed by atoms with Crippen molar-refractivity contribution in [3.8, 4) is 11.1 Å². The van der Waals surface area contributed by atoms with Gasteiger partial charge in [0.15, 0.2) is 0 Å². The van der Waals surface area contributed by atoms with Gasteiger partial charge in [-0.15, -0.1) is 0 Å². The van der Waals surface area contributed by atoms with Crippen LogP contribution in [0.25, 0.3) is 27.7 Å². The maximum Gasteiger partial charge on any atom is 0.339 e. The molecule has 0 saturated carbocycles.